The van der Waals surface area contributed by atoms with Crippen LogP contribution in [-0.2, 0) is 4.79 Å². The number of carbonyl (C=O) groups excluding carboxylic acids is 1. The van der Waals surface area contributed by atoms with Gasteiger partial charge in [0.2, 0.25) is 17.7 Å². The van der Waals surface area contributed by atoms with Gasteiger partial charge in [-0.2, -0.15) is 0 Å². The zero-order valence-corrected chi connectivity index (χ0v) is 17.5. The van der Waals surface area contributed by atoms with Crippen LogP contribution in [0.15, 0.2) is 28.9 Å². The molecule has 1 unspecified atom stereocenters. The van der Waals surface area contributed by atoms with E-state index in [2.05, 4.69) is 32.3 Å². The van der Waals surface area contributed by atoms with Crippen LogP contribution in [0.1, 0.15) is 44.4 Å². The van der Waals surface area contributed by atoms with E-state index in [1.165, 1.54) is 0 Å². The average molecular weight is 411 g/mol. The zero-order chi connectivity index (χ0) is 20.5. The maximum absolute atomic E-state index is 12.8. The Kier molecular flexibility index (Phi) is 5.52. The van der Waals surface area contributed by atoms with Crippen LogP contribution >= 0.6 is 0 Å². The summed E-state index contributed by atoms with van der Waals surface area (Å²) in [5.74, 6) is 2.50. The number of rotatable bonds is 4. The molecule has 8 nitrogen and oxygen atoms in total. The molecule has 1 N–H and O–H groups in total. The van der Waals surface area contributed by atoms with E-state index in [-0.39, 0.29) is 6.04 Å². The van der Waals surface area contributed by atoms with E-state index >= 15 is 0 Å². The zero-order valence-electron chi connectivity index (χ0n) is 17.5. The Morgan fingerprint density at radius 1 is 1.20 bits per heavy atom. The Balaban J connectivity index is 1.13. The summed E-state index contributed by atoms with van der Waals surface area (Å²) in [5, 5.41) is 12.0. The van der Waals surface area contributed by atoms with Crippen LogP contribution in [0, 0.1) is 5.92 Å². The number of piperidine rings is 1. The molecule has 0 aromatic carbocycles. The van der Waals surface area contributed by atoms with E-state index in [0.29, 0.717) is 29.7 Å². The highest BCUT2D eigenvalue weighted by molar-refractivity contribution is 5.82. The van der Waals surface area contributed by atoms with Gasteiger partial charge in [0.05, 0.1) is 11.6 Å². The lowest BCUT2D eigenvalue weighted by atomic mass is 9.95. The lowest BCUT2D eigenvalue weighted by Gasteiger charge is -2.34. The van der Waals surface area contributed by atoms with Gasteiger partial charge in [-0.15, -0.1) is 10.2 Å². The number of hydrogen-bond donors (Lipinski definition) is 1. The van der Waals surface area contributed by atoms with Crippen LogP contribution in [0.5, 0.6) is 0 Å². The third kappa shape index (κ3) is 3.98. The lowest BCUT2D eigenvalue weighted by Crippen LogP contribution is -2.42. The molecule has 2 aromatic heterocycles. The summed E-state index contributed by atoms with van der Waals surface area (Å²) >= 11 is 0. The number of hydrogen-bond acceptors (Lipinski definition) is 7. The lowest BCUT2D eigenvalue weighted by molar-refractivity contribution is -0.132. The average Bonchev–Trinajstić information content (AvgIpc) is 3.55. The second kappa shape index (κ2) is 8.43. The molecule has 160 valence electrons. The summed E-state index contributed by atoms with van der Waals surface area (Å²) in [6.45, 7) is 6.96. The molecule has 0 bridgehead atoms. The molecule has 0 aliphatic carbocycles. The van der Waals surface area contributed by atoms with Crippen molar-refractivity contribution in [3.8, 4) is 11.5 Å². The highest BCUT2D eigenvalue weighted by Crippen LogP contribution is 2.31. The highest BCUT2D eigenvalue weighted by Gasteiger charge is 2.38. The quantitative estimate of drug-likeness (QED) is 0.824. The van der Waals surface area contributed by atoms with Crippen LogP contribution in [0.4, 0.5) is 0 Å². The van der Waals surface area contributed by atoms with Crippen LogP contribution in [0.3, 0.4) is 0 Å². The minimum Gasteiger partial charge on any atom is -0.420 e. The van der Waals surface area contributed by atoms with E-state index in [1.54, 1.807) is 12.4 Å². The first-order valence-corrected chi connectivity index (χ1v) is 11.2. The molecule has 3 aliphatic rings. The first kappa shape index (κ1) is 19.6. The second-order valence-electron chi connectivity index (χ2n) is 9.03. The van der Waals surface area contributed by atoms with Crippen molar-refractivity contribution in [1.82, 2.24) is 30.3 Å². The van der Waals surface area contributed by atoms with Gasteiger partial charge in [0.15, 0.2) is 0 Å². The number of nitrogens with zero attached hydrogens (tertiary/aromatic N) is 5. The maximum Gasteiger partial charge on any atom is 0.249 e. The summed E-state index contributed by atoms with van der Waals surface area (Å²) in [6, 6.07) is 4.22. The van der Waals surface area contributed by atoms with E-state index in [0.717, 1.165) is 69.9 Å². The van der Waals surface area contributed by atoms with Gasteiger partial charge in [0.1, 0.15) is 0 Å². The van der Waals surface area contributed by atoms with Crippen molar-refractivity contribution in [1.29, 1.82) is 0 Å². The molecule has 1 amide bonds. The normalized spacial score (nSPS) is 28.3. The number of aromatic nitrogens is 3. The van der Waals surface area contributed by atoms with Crippen molar-refractivity contribution >= 4 is 5.91 Å². The Bertz CT molecular complexity index is 864. The summed E-state index contributed by atoms with van der Waals surface area (Å²) in [6.07, 6.45) is 7.54. The summed E-state index contributed by atoms with van der Waals surface area (Å²) < 4.78 is 5.94. The van der Waals surface area contributed by atoms with Crippen LogP contribution in [0.2, 0.25) is 0 Å². The van der Waals surface area contributed by atoms with Gasteiger partial charge in [-0.3, -0.25) is 14.7 Å². The van der Waals surface area contributed by atoms with Gasteiger partial charge in [0.25, 0.3) is 0 Å². The standard InChI is InChI=1S/C22H30N6O2/c1-15-4-8-28(14-15)22(29)19-11-18(13-24-19)27-9-5-16(6-10-27)20-25-26-21(30-20)17-3-2-7-23-12-17/h2-3,7,12,15-16,18-19,24H,4-6,8-11,13-14H2,1H3/t15?,18-,19-/m0/s1. The fourth-order valence-electron chi connectivity index (χ4n) is 5.06. The SMILES string of the molecule is CC1CCN(C(=O)[C@@H]2C[C@H](N3CCC(c4nnc(-c5cccnc5)o4)CC3)CN2)C1. The van der Waals surface area contributed by atoms with Gasteiger partial charge in [-0.1, -0.05) is 6.92 Å². The summed E-state index contributed by atoms with van der Waals surface area (Å²) in [5.41, 5.74) is 0.855. The van der Waals surface area contributed by atoms with Gasteiger partial charge >= 0.3 is 0 Å². The van der Waals surface area contributed by atoms with Crippen LogP contribution < -0.4 is 5.32 Å². The Morgan fingerprint density at radius 3 is 2.80 bits per heavy atom. The van der Waals surface area contributed by atoms with Gasteiger partial charge in [-0.05, 0) is 56.8 Å². The second-order valence-corrected chi connectivity index (χ2v) is 9.03. The molecule has 0 spiro atoms. The molecule has 5 heterocycles. The molecule has 2 aromatic rings. The molecule has 0 radical (unpaired) electrons. The van der Waals surface area contributed by atoms with Crippen molar-refractivity contribution in [3.63, 3.8) is 0 Å². The fourth-order valence-corrected chi connectivity index (χ4v) is 5.06. The van der Waals surface area contributed by atoms with Crippen molar-refractivity contribution in [2.75, 3.05) is 32.7 Å². The number of pyridine rings is 1. The number of nitrogens with one attached hydrogen (secondary N) is 1. The van der Waals surface area contributed by atoms with Crippen molar-refractivity contribution in [2.45, 2.75) is 50.6 Å². The maximum atomic E-state index is 12.8. The summed E-state index contributed by atoms with van der Waals surface area (Å²) in [4.78, 5) is 21.5. The highest BCUT2D eigenvalue weighted by atomic mass is 16.4. The number of amides is 1. The predicted octanol–water partition coefficient (Wildman–Crippen LogP) is 1.91. The van der Waals surface area contributed by atoms with E-state index < -0.39 is 0 Å². The third-order valence-corrected chi connectivity index (χ3v) is 6.89. The minimum atomic E-state index is -0.0176. The largest absolute Gasteiger partial charge is 0.420 e. The first-order chi connectivity index (χ1) is 14.7. The topological polar surface area (TPSA) is 87.4 Å². The molecule has 30 heavy (non-hydrogen) atoms. The number of carbonyl (C=O) groups is 1. The Morgan fingerprint density at radius 2 is 2.07 bits per heavy atom. The molecule has 3 fully saturated rings. The minimum absolute atomic E-state index is 0.0176. The van der Waals surface area contributed by atoms with Gasteiger partial charge in [0, 0.05) is 44.0 Å². The van der Waals surface area contributed by atoms with E-state index in [4.69, 9.17) is 4.42 Å². The van der Waals surface area contributed by atoms with Crippen molar-refractivity contribution < 1.29 is 9.21 Å². The fraction of sp³-hybridized carbons (Fsp3) is 0.636. The molecular formula is C22H30N6O2. The van der Waals surface area contributed by atoms with Crippen molar-refractivity contribution in [3.05, 3.63) is 30.4 Å². The molecule has 0 saturated carbocycles. The monoisotopic (exact) mass is 410 g/mol. The molecule has 3 aliphatic heterocycles. The van der Waals surface area contributed by atoms with Gasteiger partial charge < -0.3 is 14.6 Å². The molecular weight excluding hydrogens is 380 g/mol. The summed E-state index contributed by atoms with van der Waals surface area (Å²) in [7, 11) is 0. The van der Waals surface area contributed by atoms with E-state index in [9.17, 15) is 4.79 Å². The molecule has 8 heteroatoms. The smallest absolute Gasteiger partial charge is 0.249 e. The van der Waals surface area contributed by atoms with Gasteiger partial charge in [-0.25, -0.2) is 0 Å². The van der Waals surface area contributed by atoms with Crippen LogP contribution in [-0.4, -0.2) is 75.7 Å². The molecule has 5 rings (SSSR count). The Labute approximate surface area is 177 Å². The third-order valence-electron chi connectivity index (χ3n) is 6.89. The first-order valence-electron chi connectivity index (χ1n) is 11.2. The molecule has 3 saturated heterocycles. The predicted molar refractivity (Wildman–Crippen MR) is 112 cm³/mol. The van der Waals surface area contributed by atoms with Crippen LogP contribution in [0.25, 0.3) is 11.5 Å². The Hall–Kier alpha value is -2.32. The van der Waals surface area contributed by atoms with E-state index in [1.807, 2.05) is 17.0 Å². The number of likely N-dealkylation sites (tertiary alicyclic amines) is 2. The molecule has 3 atom stereocenters. The van der Waals surface area contributed by atoms with Crippen molar-refractivity contribution in [2.24, 2.45) is 5.92 Å².